The Morgan fingerprint density at radius 1 is 0.638 bits per heavy atom. The predicted octanol–water partition coefficient (Wildman–Crippen LogP) is 7.54. The maximum atomic E-state index is 14.7. The molecule has 2 atom stereocenters. The number of hydrogen-bond donors (Lipinski definition) is 0. The molecule has 1 aliphatic rings. The predicted molar refractivity (Wildman–Crippen MR) is 196 cm³/mol. The van der Waals surface area contributed by atoms with Crippen LogP contribution < -0.4 is 0 Å². The number of halogens is 6. The monoisotopic (exact) mass is 847 g/mol. The van der Waals surface area contributed by atoms with Gasteiger partial charge in [0, 0.05) is 26.2 Å². The molecule has 4 aromatic rings. The minimum Gasteiger partial charge on any atom is -0.444 e. The Kier molecular flexibility index (Phi) is 12.4. The van der Waals surface area contributed by atoms with Crippen molar-refractivity contribution >= 4 is 26.1 Å². The number of nitrogens with zero attached hydrogens (tertiary/aromatic N) is 5. The van der Waals surface area contributed by atoms with Gasteiger partial charge in [-0.15, -0.1) is 0 Å². The van der Waals surface area contributed by atoms with Gasteiger partial charge in [0.1, 0.15) is 5.60 Å². The van der Waals surface area contributed by atoms with Crippen molar-refractivity contribution in [2.45, 2.75) is 73.7 Å². The number of carbonyl (C=O) groups excluding carboxylic acids is 1. The molecule has 19 heteroatoms. The van der Waals surface area contributed by atoms with E-state index in [-0.39, 0.29) is 32.0 Å². The van der Waals surface area contributed by atoms with Crippen LogP contribution in [0.5, 0.6) is 0 Å². The second-order valence-electron chi connectivity index (χ2n) is 14.3. The number of ether oxygens (including phenoxy) is 1. The van der Waals surface area contributed by atoms with Gasteiger partial charge in [0.2, 0.25) is 20.0 Å². The molecule has 1 aliphatic heterocycles. The average molecular weight is 848 g/mol. The van der Waals surface area contributed by atoms with Gasteiger partial charge in [-0.3, -0.25) is 0 Å². The van der Waals surface area contributed by atoms with Gasteiger partial charge < -0.3 is 9.64 Å². The Hall–Kier alpha value is -5.47. The van der Waals surface area contributed by atoms with Crippen LogP contribution in [-0.4, -0.2) is 67.2 Å². The third-order valence-electron chi connectivity index (χ3n) is 9.07. The van der Waals surface area contributed by atoms with Gasteiger partial charge in [-0.25, -0.2) is 21.6 Å². The Morgan fingerprint density at radius 2 is 0.966 bits per heavy atom. The molecule has 0 spiro atoms. The Labute approximate surface area is 331 Å². The first-order valence-electron chi connectivity index (χ1n) is 17.3. The zero-order valence-corrected chi connectivity index (χ0v) is 32.6. The molecule has 0 saturated carbocycles. The van der Waals surface area contributed by atoms with E-state index in [2.05, 4.69) is 0 Å². The van der Waals surface area contributed by atoms with Crippen molar-refractivity contribution in [3.63, 3.8) is 0 Å². The summed E-state index contributed by atoms with van der Waals surface area (Å²) < 4.78 is 147. The van der Waals surface area contributed by atoms with E-state index < -0.39 is 93.5 Å². The van der Waals surface area contributed by atoms with Crippen molar-refractivity contribution in [1.82, 2.24) is 13.5 Å². The molecular weight excluding hydrogens is 813 g/mol. The highest BCUT2D eigenvalue weighted by atomic mass is 32.2. The van der Waals surface area contributed by atoms with Crippen LogP contribution in [0.3, 0.4) is 0 Å². The second-order valence-corrected chi connectivity index (χ2v) is 18.1. The van der Waals surface area contributed by atoms with E-state index in [0.29, 0.717) is 0 Å². The standard InChI is InChI=1S/C39H35F6N5O6S2/c1-37(2,3)56-36(51)48-24-34(49(22-28-4-12-30(13-5-28)38(40,41)42)57(52,53)32-16-8-26(20-46)9-17-32)35(25-48)50(23-29-6-14-31(15-7-29)39(43,44)45)58(54,55)33-18-10-27(21-47)11-19-33/h4-19,34-35H,22-25H2,1-3H3/t34-,35-/m0/s1. The lowest BCUT2D eigenvalue weighted by molar-refractivity contribution is -0.138. The lowest BCUT2D eigenvalue weighted by Gasteiger charge is -2.37. The van der Waals surface area contributed by atoms with Crippen LogP contribution in [0.15, 0.2) is 107 Å². The lowest BCUT2D eigenvalue weighted by atomic mass is 10.1. The number of benzene rings is 4. The van der Waals surface area contributed by atoms with Crippen LogP contribution >= 0.6 is 0 Å². The molecule has 0 N–H and O–H groups in total. The average Bonchev–Trinajstić information content (AvgIpc) is 3.59. The number of hydrogen-bond acceptors (Lipinski definition) is 8. The lowest BCUT2D eigenvalue weighted by Crippen LogP contribution is -2.54. The molecule has 0 unspecified atom stereocenters. The highest BCUT2D eigenvalue weighted by Gasteiger charge is 2.50. The summed E-state index contributed by atoms with van der Waals surface area (Å²) in [4.78, 5) is 14.0. The molecule has 0 radical (unpaired) electrons. The molecular formula is C39H35F6N5O6S2. The van der Waals surface area contributed by atoms with E-state index in [9.17, 15) is 58.5 Å². The third kappa shape index (κ3) is 9.97. The van der Waals surface area contributed by atoms with E-state index in [0.717, 1.165) is 86.3 Å². The molecule has 306 valence electrons. The highest BCUT2D eigenvalue weighted by Crippen LogP contribution is 2.36. The maximum absolute atomic E-state index is 14.7. The van der Waals surface area contributed by atoms with Crippen LogP contribution in [0.4, 0.5) is 31.1 Å². The van der Waals surface area contributed by atoms with E-state index in [1.807, 2.05) is 12.1 Å². The Balaban J connectivity index is 1.73. The molecule has 4 aromatic carbocycles. The highest BCUT2D eigenvalue weighted by molar-refractivity contribution is 7.89. The fourth-order valence-electron chi connectivity index (χ4n) is 6.20. The van der Waals surface area contributed by atoms with Gasteiger partial charge in [-0.05, 0) is 105 Å². The SMILES string of the molecule is CC(C)(C)OC(=O)N1C[C@H](N(Cc2ccc(C(F)(F)F)cc2)S(=O)(=O)c2ccc(C#N)cc2)[C@@H](N(Cc2ccc(C(F)(F)F)cc2)S(=O)(=O)c2ccc(C#N)cc2)C1. The number of carbonyl (C=O) groups is 1. The first-order valence-corrected chi connectivity index (χ1v) is 20.2. The van der Waals surface area contributed by atoms with Gasteiger partial charge in [-0.1, -0.05) is 24.3 Å². The molecule has 5 rings (SSSR count). The van der Waals surface area contributed by atoms with Crippen LogP contribution in [0, 0.1) is 22.7 Å². The van der Waals surface area contributed by atoms with Crippen molar-refractivity contribution in [3.8, 4) is 12.1 Å². The molecule has 0 aromatic heterocycles. The van der Waals surface area contributed by atoms with Crippen molar-refractivity contribution < 1.29 is 52.7 Å². The molecule has 11 nitrogen and oxygen atoms in total. The summed E-state index contributed by atoms with van der Waals surface area (Å²) in [7, 11) is -9.54. The van der Waals surface area contributed by atoms with Gasteiger partial charge in [0.15, 0.2) is 0 Å². The van der Waals surface area contributed by atoms with E-state index in [4.69, 9.17) is 4.74 Å². The summed E-state index contributed by atoms with van der Waals surface area (Å²) >= 11 is 0. The molecule has 1 saturated heterocycles. The van der Waals surface area contributed by atoms with Crippen LogP contribution in [0.1, 0.15) is 54.2 Å². The second kappa shape index (κ2) is 16.4. The third-order valence-corrected chi connectivity index (χ3v) is 12.8. The molecule has 58 heavy (non-hydrogen) atoms. The van der Waals surface area contributed by atoms with Gasteiger partial charge in [0.25, 0.3) is 0 Å². The van der Waals surface area contributed by atoms with Gasteiger partial charge in [-0.2, -0.15) is 45.5 Å². The molecule has 0 bridgehead atoms. The van der Waals surface area contributed by atoms with Crippen LogP contribution in [0.2, 0.25) is 0 Å². The minimum absolute atomic E-state index is 0.0453. The minimum atomic E-state index is -4.77. The fourth-order valence-corrected chi connectivity index (χ4v) is 9.47. The number of rotatable bonds is 10. The van der Waals surface area contributed by atoms with Crippen molar-refractivity contribution in [2.24, 2.45) is 0 Å². The first kappa shape index (κ1) is 43.6. The first-order chi connectivity index (χ1) is 26.9. The Morgan fingerprint density at radius 3 is 1.24 bits per heavy atom. The largest absolute Gasteiger partial charge is 0.444 e. The van der Waals surface area contributed by atoms with Crippen LogP contribution in [0.25, 0.3) is 0 Å². The number of likely N-dealkylation sites (tertiary alicyclic amines) is 1. The maximum Gasteiger partial charge on any atom is 0.416 e. The number of nitriles is 2. The summed E-state index contributed by atoms with van der Waals surface area (Å²) in [5, 5.41) is 18.7. The van der Waals surface area contributed by atoms with Gasteiger partial charge >= 0.3 is 18.4 Å². The molecule has 1 fully saturated rings. The van der Waals surface area contributed by atoms with E-state index >= 15 is 0 Å². The summed E-state index contributed by atoms with van der Waals surface area (Å²) in [5.41, 5.74) is -2.84. The quantitative estimate of drug-likeness (QED) is 0.149. The van der Waals surface area contributed by atoms with Crippen molar-refractivity contribution in [2.75, 3.05) is 13.1 Å². The summed E-state index contributed by atoms with van der Waals surface area (Å²) in [6.45, 7) is 2.38. The molecule has 1 heterocycles. The molecule has 0 aliphatic carbocycles. The summed E-state index contributed by atoms with van der Waals surface area (Å²) in [6, 6.07) is 17.2. The zero-order chi connectivity index (χ0) is 42.8. The zero-order valence-electron chi connectivity index (χ0n) is 31.0. The normalized spacial score (nSPS) is 16.6. The molecule has 1 amide bonds. The van der Waals surface area contributed by atoms with E-state index in [1.165, 1.54) is 24.3 Å². The fraction of sp³-hybridized carbons (Fsp3) is 0.308. The topological polar surface area (TPSA) is 152 Å². The number of alkyl halides is 6. The summed E-state index contributed by atoms with van der Waals surface area (Å²) in [6.07, 6.45) is -10.4. The number of sulfonamides is 2. The van der Waals surface area contributed by atoms with Crippen molar-refractivity contribution in [3.05, 3.63) is 130 Å². The number of amides is 1. The van der Waals surface area contributed by atoms with Crippen LogP contribution in [-0.2, 0) is 50.2 Å². The van der Waals surface area contributed by atoms with Crippen molar-refractivity contribution in [1.29, 1.82) is 10.5 Å². The van der Waals surface area contributed by atoms with E-state index in [1.54, 1.807) is 20.8 Å². The summed E-state index contributed by atoms with van der Waals surface area (Å²) in [5.74, 6) is 0. The van der Waals surface area contributed by atoms with Gasteiger partial charge in [0.05, 0.1) is 56.3 Å². The smallest absolute Gasteiger partial charge is 0.416 e. The Bertz CT molecular complexity index is 2270.